The smallest absolute Gasteiger partial charge is 0.343 e. The third-order valence-electron chi connectivity index (χ3n) is 1.95. The fourth-order valence-electron chi connectivity index (χ4n) is 1.26. The number of ether oxygens (including phenoxy) is 1. The van der Waals surface area contributed by atoms with Crippen LogP contribution in [0, 0.1) is 12.3 Å². The topological polar surface area (TPSA) is 26.3 Å². The Morgan fingerprint density at radius 1 is 1.50 bits per heavy atom. The molecule has 0 aromatic rings. The quantitative estimate of drug-likeness (QED) is 0.486. The van der Waals surface area contributed by atoms with E-state index in [2.05, 4.69) is 10.7 Å². The lowest BCUT2D eigenvalue weighted by Gasteiger charge is -2.21. The molecule has 14 heavy (non-hydrogen) atoms. The molecular weight excluding hydrogens is 183 g/mol. The highest BCUT2D eigenvalue weighted by molar-refractivity contribution is 5.79. The molecule has 0 spiro atoms. The zero-order valence-electron chi connectivity index (χ0n) is 8.81. The molecule has 0 saturated heterocycles. The molecule has 0 fully saturated rings. The molecule has 0 rings (SSSR count). The second-order valence-corrected chi connectivity index (χ2v) is 3.14. The van der Waals surface area contributed by atoms with Crippen LogP contribution in [0.1, 0.15) is 39.5 Å². The highest BCUT2D eigenvalue weighted by atomic mass is 19.1. The van der Waals surface area contributed by atoms with E-state index in [1.54, 1.807) is 6.92 Å². The highest BCUT2D eigenvalue weighted by Gasteiger charge is 2.38. The summed E-state index contributed by atoms with van der Waals surface area (Å²) in [6, 6.07) is 0. The third kappa shape index (κ3) is 3.78. The van der Waals surface area contributed by atoms with Crippen molar-refractivity contribution in [3.05, 3.63) is 0 Å². The number of alkyl halides is 1. The van der Waals surface area contributed by atoms with Gasteiger partial charge in [-0.2, -0.15) is 0 Å². The largest absolute Gasteiger partial charge is 0.464 e. The average Bonchev–Trinajstić information content (AvgIpc) is 2.15. The normalized spacial score (nSPS) is 14.1. The summed E-state index contributed by atoms with van der Waals surface area (Å²) >= 11 is 0. The average molecular weight is 200 g/mol. The summed E-state index contributed by atoms with van der Waals surface area (Å²) in [7, 11) is 0. The minimum atomic E-state index is -1.89. The van der Waals surface area contributed by atoms with Crippen molar-refractivity contribution in [2.45, 2.75) is 45.2 Å². The van der Waals surface area contributed by atoms with Crippen LogP contribution in [0.25, 0.3) is 0 Å². The van der Waals surface area contributed by atoms with Gasteiger partial charge in [0.25, 0.3) is 0 Å². The Morgan fingerprint density at radius 2 is 2.14 bits per heavy atom. The van der Waals surface area contributed by atoms with Crippen LogP contribution in [0.4, 0.5) is 4.39 Å². The Morgan fingerprint density at radius 3 is 2.57 bits per heavy atom. The van der Waals surface area contributed by atoms with Gasteiger partial charge in [-0.25, -0.2) is 9.18 Å². The monoisotopic (exact) mass is 200 g/mol. The molecule has 80 valence electrons. The zero-order chi connectivity index (χ0) is 11.0. The molecule has 0 aromatic carbocycles. The Kier molecular flexibility index (Phi) is 5.94. The summed E-state index contributed by atoms with van der Waals surface area (Å²) in [4.78, 5) is 11.3. The van der Waals surface area contributed by atoms with Crippen molar-refractivity contribution in [3.8, 4) is 12.3 Å². The lowest BCUT2D eigenvalue weighted by molar-refractivity contribution is -0.158. The molecule has 2 nitrogen and oxygen atoms in total. The van der Waals surface area contributed by atoms with E-state index in [-0.39, 0.29) is 25.9 Å². The molecule has 0 bridgehead atoms. The molecule has 3 heteroatoms. The maximum absolute atomic E-state index is 14.0. The molecule has 1 atom stereocenters. The van der Waals surface area contributed by atoms with Gasteiger partial charge in [-0.1, -0.05) is 13.3 Å². The van der Waals surface area contributed by atoms with E-state index >= 15 is 0 Å². The van der Waals surface area contributed by atoms with E-state index in [4.69, 9.17) is 6.42 Å². The van der Waals surface area contributed by atoms with Crippen LogP contribution in [-0.4, -0.2) is 18.2 Å². The van der Waals surface area contributed by atoms with Gasteiger partial charge in [0.05, 0.1) is 6.61 Å². The molecule has 0 aromatic heterocycles. The second kappa shape index (κ2) is 6.42. The Hall–Kier alpha value is -1.04. The number of halogens is 1. The lowest BCUT2D eigenvalue weighted by atomic mass is 9.94. The minimum Gasteiger partial charge on any atom is -0.464 e. The van der Waals surface area contributed by atoms with Crippen molar-refractivity contribution in [1.29, 1.82) is 0 Å². The van der Waals surface area contributed by atoms with Crippen LogP contribution in [0.5, 0.6) is 0 Å². The molecule has 0 N–H and O–H groups in total. The van der Waals surface area contributed by atoms with E-state index in [1.807, 2.05) is 6.92 Å². The van der Waals surface area contributed by atoms with Gasteiger partial charge < -0.3 is 4.74 Å². The van der Waals surface area contributed by atoms with Gasteiger partial charge in [-0.05, 0) is 13.3 Å². The molecule has 0 aliphatic carbocycles. The number of terminal acetylenes is 1. The van der Waals surface area contributed by atoms with Crippen LogP contribution in [0.15, 0.2) is 0 Å². The van der Waals surface area contributed by atoms with E-state index in [0.29, 0.717) is 6.42 Å². The third-order valence-corrected chi connectivity index (χ3v) is 1.95. The molecular formula is C11H17FO2. The van der Waals surface area contributed by atoms with E-state index in [9.17, 15) is 9.18 Å². The summed E-state index contributed by atoms with van der Waals surface area (Å²) in [5.74, 6) is 1.55. The first-order chi connectivity index (χ1) is 6.60. The second-order valence-electron chi connectivity index (χ2n) is 3.14. The first-order valence-electron chi connectivity index (χ1n) is 4.90. The van der Waals surface area contributed by atoms with Crippen LogP contribution < -0.4 is 0 Å². The molecule has 0 radical (unpaired) electrons. The van der Waals surface area contributed by atoms with Crippen molar-refractivity contribution in [1.82, 2.24) is 0 Å². The molecule has 0 aliphatic heterocycles. The predicted molar refractivity (Wildman–Crippen MR) is 53.4 cm³/mol. The van der Waals surface area contributed by atoms with Crippen LogP contribution in [0.2, 0.25) is 0 Å². The maximum atomic E-state index is 14.0. The van der Waals surface area contributed by atoms with Gasteiger partial charge in [-0.3, -0.25) is 0 Å². The summed E-state index contributed by atoms with van der Waals surface area (Å²) in [6.45, 7) is 3.68. The van der Waals surface area contributed by atoms with Crippen molar-refractivity contribution in [2.75, 3.05) is 6.61 Å². The van der Waals surface area contributed by atoms with Gasteiger partial charge in [0.1, 0.15) is 0 Å². The molecule has 0 heterocycles. The van der Waals surface area contributed by atoms with Crippen molar-refractivity contribution >= 4 is 5.97 Å². The van der Waals surface area contributed by atoms with Gasteiger partial charge in [0.15, 0.2) is 0 Å². The summed E-state index contributed by atoms with van der Waals surface area (Å²) in [6.07, 6.45) is 6.12. The minimum absolute atomic E-state index is 0.0518. The standard InChI is InChI=1S/C11H17FO2/c1-4-7-9-11(12,8-5-2)10(13)14-6-3/h1H,5-9H2,2-3H3. The molecule has 0 aliphatic rings. The molecule has 0 amide bonds. The van der Waals surface area contributed by atoms with E-state index < -0.39 is 11.6 Å². The predicted octanol–water partition coefficient (Wildman–Crippen LogP) is 2.47. The SMILES string of the molecule is C#CCCC(F)(CCC)C(=O)OCC. The fraction of sp³-hybridized carbons (Fsp3) is 0.727. The molecule has 0 saturated carbocycles. The van der Waals surface area contributed by atoms with Crippen LogP contribution in [-0.2, 0) is 9.53 Å². The number of hydrogen-bond donors (Lipinski definition) is 0. The van der Waals surface area contributed by atoms with Gasteiger partial charge in [0, 0.05) is 12.8 Å². The number of esters is 1. The van der Waals surface area contributed by atoms with Crippen LogP contribution in [0.3, 0.4) is 0 Å². The first kappa shape index (κ1) is 13.0. The first-order valence-corrected chi connectivity index (χ1v) is 4.90. The molecule has 1 unspecified atom stereocenters. The maximum Gasteiger partial charge on any atom is 0.343 e. The van der Waals surface area contributed by atoms with Crippen LogP contribution >= 0.6 is 0 Å². The highest BCUT2D eigenvalue weighted by Crippen LogP contribution is 2.26. The number of carbonyl (C=O) groups excluding carboxylic acids is 1. The summed E-state index contributed by atoms with van der Waals surface area (Å²) < 4.78 is 18.7. The van der Waals surface area contributed by atoms with E-state index in [1.165, 1.54) is 0 Å². The van der Waals surface area contributed by atoms with Crippen molar-refractivity contribution in [2.24, 2.45) is 0 Å². The van der Waals surface area contributed by atoms with Gasteiger partial charge >= 0.3 is 5.97 Å². The summed E-state index contributed by atoms with van der Waals surface area (Å²) in [5.41, 5.74) is -1.89. The van der Waals surface area contributed by atoms with Gasteiger partial charge in [0.2, 0.25) is 5.67 Å². The number of hydrogen-bond acceptors (Lipinski definition) is 2. The van der Waals surface area contributed by atoms with Crippen molar-refractivity contribution in [3.63, 3.8) is 0 Å². The Labute approximate surface area is 84.8 Å². The Bertz CT molecular complexity index is 220. The summed E-state index contributed by atoms with van der Waals surface area (Å²) in [5, 5.41) is 0. The Balaban J connectivity index is 4.37. The fourth-order valence-corrected chi connectivity index (χ4v) is 1.26. The van der Waals surface area contributed by atoms with E-state index in [0.717, 1.165) is 0 Å². The lowest BCUT2D eigenvalue weighted by Crippen LogP contribution is -2.35. The zero-order valence-corrected chi connectivity index (χ0v) is 8.81. The number of carbonyl (C=O) groups is 1. The van der Waals surface area contributed by atoms with Crippen molar-refractivity contribution < 1.29 is 13.9 Å². The van der Waals surface area contributed by atoms with Gasteiger partial charge in [-0.15, -0.1) is 12.3 Å². The number of rotatable bonds is 6.